The van der Waals surface area contributed by atoms with Gasteiger partial charge in [0.15, 0.2) is 0 Å². The van der Waals surface area contributed by atoms with E-state index >= 15 is 0 Å². The number of aromatic nitrogens is 2. The molecule has 26 heavy (non-hydrogen) atoms. The zero-order valence-electron chi connectivity index (χ0n) is 14.3. The number of nitrogens with zero attached hydrogens (tertiary/aromatic N) is 3. The molecule has 0 atom stereocenters. The fourth-order valence-electron chi connectivity index (χ4n) is 2.88. The minimum absolute atomic E-state index is 0.124. The van der Waals surface area contributed by atoms with E-state index in [1.165, 1.54) is 29.9 Å². The highest BCUT2D eigenvalue weighted by molar-refractivity contribution is 7.99. The van der Waals surface area contributed by atoms with E-state index < -0.39 is 0 Å². The summed E-state index contributed by atoms with van der Waals surface area (Å²) in [5.74, 6) is 0.908. The first-order chi connectivity index (χ1) is 12.7. The van der Waals surface area contributed by atoms with Crippen LogP contribution in [0.5, 0.6) is 0 Å². The van der Waals surface area contributed by atoms with E-state index in [1.807, 2.05) is 6.07 Å². The molecule has 2 aromatic rings. The van der Waals surface area contributed by atoms with Crippen molar-refractivity contribution >= 4 is 35.1 Å². The van der Waals surface area contributed by atoms with Crippen LogP contribution in [0.4, 0.5) is 5.82 Å². The molecule has 1 aliphatic rings. The summed E-state index contributed by atoms with van der Waals surface area (Å²) in [6.45, 7) is 0. The van der Waals surface area contributed by atoms with Crippen LogP contribution in [0.2, 0.25) is 5.02 Å². The van der Waals surface area contributed by atoms with Crippen molar-refractivity contribution in [2.45, 2.75) is 43.6 Å². The van der Waals surface area contributed by atoms with Gasteiger partial charge in [-0.1, -0.05) is 18.0 Å². The average molecular weight is 387 g/mol. The minimum Gasteiger partial charge on any atom is -0.311 e. The third-order valence-electron chi connectivity index (χ3n) is 4.20. The predicted octanol–water partition coefficient (Wildman–Crippen LogP) is 4.39. The van der Waals surface area contributed by atoms with Crippen LogP contribution >= 0.6 is 23.4 Å². The first-order valence-electron chi connectivity index (χ1n) is 8.63. The second kappa shape index (κ2) is 9.02. The highest BCUT2D eigenvalue weighted by Crippen LogP contribution is 2.27. The Morgan fingerprint density at radius 2 is 2.15 bits per heavy atom. The number of pyridine rings is 2. The summed E-state index contributed by atoms with van der Waals surface area (Å²) < 4.78 is 0. The molecule has 7 heteroatoms. The zero-order chi connectivity index (χ0) is 18.4. The number of halogens is 1. The van der Waals surface area contributed by atoms with Crippen molar-refractivity contribution in [3.63, 3.8) is 0 Å². The second-order valence-electron chi connectivity index (χ2n) is 6.13. The molecule has 0 aliphatic heterocycles. The number of hydrogen-bond donors (Lipinski definition) is 1. The molecule has 0 bridgehead atoms. The van der Waals surface area contributed by atoms with E-state index in [-0.39, 0.29) is 5.91 Å². The van der Waals surface area contributed by atoms with Gasteiger partial charge in [0, 0.05) is 24.1 Å². The maximum absolute atomic E-state index is 12.0. The smallest absolute Gasteiger partial charge is 0.226 e. The second-order valence-corrected chi connectivity index (χ2v) is 7.65. The third-order valence-corrected chi connectivity index (χ3v) is 5.42. The van der Waals surface area contributed by atoms with Crippen LogP contribution in [-0.4, -0.2) is 21.6 Å². The van der Waals surface area contributed by atoms with Crippen molar-refractivity contribution in [1.29, 1.82) is 5.26 Å². The minimum atomic E-state index is -0.124. The molecular weight excluding hydrogens is 368 g/mol. The molecule has 0 radical (unpaired) electrons. The van der Waals surface area contributed by atoms with Gasteiger partial charge in [0.2, 0.25) is 5.91 Å². The van der Waals surface area contributed by atoms with Crippen LogP contribution < -0.4 is 5.32 Å². The topological polar surface area (TPSA) is 78.7 Å². The van der Waals surface area contributed by atoms with Crippen molar-refractivity contribution in [2.24, 2.45) is 0 Å². The molecule has 0 fully saturated rings. The standard InChI is InChI=1S/C19H19ClN4OS/c20-15-6-7-17(22-12-15)24-18(25)8-9-26-19-14(11-21)10-13-4-2-1-3-5-16(13)23-19/h6-7,10,12H,1-5,8-9H2,(H,22,24,25). The van der Waals surface area contributed by atoms with Gasteiger partial charge < -0.3 is 5.32 Å². The molecule has 3 rings (SSSR count). The molecule has 0 saturated carbocycles. The Bertz CT molecular complexity index is 833. The van der Waals surface area contributed by atoms with E-state index in [0.717, 1.165) is 36.4 Å². The maximum atomic E-state index is 12.0. The van der Waals surface area contributed by atoms with Gasteiger partial charge in [0.1, 0.15) is 16.9 Å². The van der Waals surface area contributed by atoms with Gasteiger partial charge in [-0.15, -0.1) is 11.8 Å². The summed E-state index contributed by atoms with van der Waals surface area (Å²) in [7, 11) is 0. The summed E-state index contributed by atoms with van der Waals surface area (Å²) in [5.41, 5.74) is 2.92. The number of hydrogen-bond acceptors (Lipinski definition) is 5. The quantitative estimate of drug-likeness (QED) is 0.608. The van der Waals surface area contributed by atoms with Crippen LogP contribution in [0.3, 0.4) is 0 Å². The number of anilines is 1. The molecule has 2 heterocycles. The van der Waals surface area contributed by atoms with Gasteiger partial charge in [-0.3, -0.25) is 4.79 Å². The summed E-state index contributed by atoms with van der Waals surface area (Å²) in [5, 5.41) is 13.4. The number of nitrogens with one attached hydrogen (secondary N) is 1. The van der Waals surface area contributed by atoms with E-state index in [9.17, 15) is 10.1 Å². The van der Waals surface area contributed by atoms with Crippen LogP contribution in [0.15, 0.2) is 29.4 Å². The molecule has 1 aliphatic carbocycles. The average Bonchev–Trinajstić information content (AvgIpc) is 2.87. The van der Waals surface area contributed by atoms with Crippen molar-refractivity contribution < 1.29 is 4.79 Å². The van der Waals surface area contributed by atoms with Crippen LogP contribution in [0, 0.1) is 11.3 Å². The predicted molar refractivity (Wildman–Crippen MR) is 103 cm³/mol. The lowest BCUT2D eigenvalue weighted by Crippen LogP contribution is -2.13. The monoisotopic (exact) mass is 386 g/mol. The molecule has 0 saturated heterocycles. The Kier molecular flexibility index (Phi) is 6.48. The lowest BCUT2D eigenvalue weighted by atomic mass is 10.1. The highest BCUT2D eigenvalue weighted by atomic mass is 35.5. The van der Waals surface area contributed by atoms with Crippen molar-refractivity contribution in [1.82, 2.24) is 9.97 Å². The Hall–Kier alpha value is -2.10. The SMILES string of the molecule is N#Cc1cc2c(nc1SCCC(=O)Nc1ccc(Cl)cn1)CCCCC2. The zero-order valence-corrected chi connectivity index (χ0v) is 15.9. The van der Waals surface area contributed by atoms with Crippen LogP contribution in [0.1, 0.15) is 42.5 Å². The largest absolute Gasteiger partial charge is 0.311 e. The lowest BCUT2D eigenvalue weighted by Gasteiger charge is -2.10. The Balaban J connectivity index is 1.58. The van der Waals surface area contributed by atoms with Crippen LogP contribution in [0.25, 0.3) is 0 Å². The molecule has 0 spiro atoms. The third kappa shape index (κ3) is 4.96. The number of amides is 1. The van der Waals surface area contributed by atoms with E-state index in [2.05, 4.69) is 16.4 Å². The van der Waals surface area contributed by atoms with Gasteiger partial charge >= 0.3 is 0 Å². The summed E-state index contributed by atoms with van der Waals surface area (Å²) >= 11 is 7.23. The number of carbonyl (C=O) groups is 1. The molecule has 5 nitrogen and oxygen atoms in total. The van der Waals surface area contributed by atoms with Gasteiger partial charge in [0.25, 0.3) is 0 Å². The van der Waals surface area contributed by atoms with Gasteiger partial charge in [-0.2, -0.15) is 5.26 Å². The number of aryl methyl sites for hydroxylation is 2. The number of fused-ring (bicyclic) bond motifs is 1. The van der Waals surface area contributed by atoms with E-state index in [4.69, 9.17) is 16.6 Å². The Labute approximate surface area is 162 Å². The highest BCUT2D eigenvalue weighted by Gasteiger charge is 2.15. The molecule has 134 valence electrons. The molecule has 1 amide bonds. The number of thioether (sulfide) groups is 1. The first kappa shape index (κ1) is 18.7. The van der Waals surface area contributed by atoms with Crippen molar-refractivity contribution in [3.8, 4) is 6.07 Å². The number of nitriles is 1. The summed E-state index contributed by atoms with van der Waals surface area (Å²) in [6.07, 6.45) is 7.29. The van der Waals surface area contributed by atoms with Crippen molar-refractivity contribution in [2.75, 3.05) is 11.1 Å². The van der Waals surface area contributed by atoms with E-state index in [0.29, 0.717) is 28.6 Å². The normalized spacial score (nSPS) is 13.4. The molecule has 0 aromatic carbocycles. The number of rotatable bonds is 5. The Morgan fingerprint density at radius 1 is 1.31 bits per heavy atom. The van der Waals surface area contributed by atoms with Gasteiger partial charge in [0.05, 0.1) is 10.6 Å². The van der Waals surface area contributed by atoms with Crippen molar-refractivity contribution in [3.05, 3.63) is 46.2 Å². The first-order valence-corrected chi connectivity index (χ1v) is 9.99. The van der Waals surface area contributed by atoms with Gasteiger partial charge in [-0.25, -0.2) is 9.97 Å². The van der Waals surface area contributed by atoms with Crippen LogP contribution in [-0.2, 0) is 17.6 Å². The summed E-state index contributed by atoms with van der Waals surface area (Å²) in [6, 6.07) is 7.56. The summed E-state index contributed by atoms with van der Waals surface area (Å²) in [4.78, 5) is 20.8. The van der Waals surface area contributed by atoms with E-state index in [1.54, 1.807) is 12.1 Å². The maximum Gasteiger partial charge on any atom is 0.226 e. The fraction of sp³-hybridized carbons (Fsp3) is 0.368. The molecule has 2 aromatic heterocycles. The fourth-order valence-corrected chi connectivity index (χ4v) is 3.90. The lowest BCUT2D eigenvalue weighted by molar-refractivity contribution is -0.115. The molecule has 0 unspecified atom stereocenters. The molecular formula is C19H19ClN4OS. The van der Waals surface area contributed by atoms with Gasteiger partial charge in [-0.05, 0) is 49.4 Å². The molecule has 1 N–H and O–H groups in total. The number of carbonyl (C=O) groups excluding carboxylic acids is 1. The Morgan fingerprint density at radius 3 is 2.92 bits per heavy atom.